The van der Waals surface area contributed by atoms with Crippen LogP contribution >= 0.6 is 0 Å². The van der Waals surface area contributed by atoms with Crippen LogP contribution in [0.5, 0.6) is 0 Å². The van der Waals surface area contributed by atoms with Crippen LogP contribution in [-0.4, -0.2) is 9.78 Å². The normalized spacial score (nSPS) is 10.2. The van der Waals surface area contributed by atoms with Gasteiger partial charge in [-0.15, -0.1) is 0 Å². The molecule has 0 aliphatic heterocycles. The molecule has 4 heteroatoms. The molecule has 15 heavy (non-hydrogen) atoms. The van der Waals surface area contributed by atoms with Crippen molar-refractivity contribution < 1.29 is 0 Å². The lowest BCUT2D eigenvalue weighted by atomic mass is 10.2. The lowest BCUT2D eigenvalue weighted by Gasteiger charge is -2.08. The maximum absolute atomic E-state index is 5.84. The zero-order chi connectivity index (χ0) is 10.7. The monoisotopic (exact) mass is 202 g/mol. The van der Waals surface area contributed by atoms with Gasteiger partial charge in [0.15, 0.2) is 0 Å². The predicted octanol–water partition coefficient (Wildman–Crippen LogP) is 1.61. The fourth-order valence-corrected chi connectivity index (χ4v) is 1.43. The zero-order valence-corrected chi connectivity index (χ0v) is 8.64. The summed E-state index contributed by atoms with van der Waals surface area (Å²) in [4.78, 5) is 0. The van der Waals surface area contributed by atoms with Gasteiger partial charge in [0.25, 0.3) is 0 Å². The van der Waals surface area contributed by atoms with Crippen LogP contribution in [0.25, 0.3) is 0 Å². The highest BCUT2D eigenvalue weighted by atomic mass is 15.3. The summed E-state index contributed by atoms with van der Waals surface area (Å²) in [7, 11) is 1.90. The number of hydrogen-bond acceptors (Lipinski definition) is 3. The highest BCUT2D eigenvalue weighted by molar-refractivity contribution is 5.48. The highest BCUT2D eigenvalue weighted by Crippen LogP contribution is 2.12. The Morgan fingerprint density at radius 2 is 2.13 bits per heavy atom. The van der Waals surface area contributed by atoms with Crippen LogP contribution in [-0.2, 0) is 13.6 Å². The topological polar surface area (TPSA) is 55.9 Å². The van der Waals surface area contributed by atoms with Gasteiger partial charge in [0.05, 0.1) is 6.20 Å². The number of nitrogen functional groups attached to an aromatic ring is 1. The van der Waals surface area contributed by atoms with Gasteiger partial charge in [-0.2, -0.15) is 5.10 Å². The van der Waals surface area contributed by atoms with Gasteiger partial charge in [-0.1, -0.05) is 18.2 Å². The molecule has 2 rings (SSSR count). The number of nitrogens with zero attached hydrogens (tertiary/aromatic N) is 2. The van der Waals surface area contributed by atoms with E-state index in [1.54, 1.807) is 10.9 Å². The summed E-state index contributed by atoms with van der Waals surface area (Å²) in [6.07, 6.45) is 1.76. The van der Waals surface area contributed by atoms with Crippen LogP contribution in [0.4, 0.5) is 11.5 Å². The number of benzene rings is 1. The summed E-state index contributed by atoms with van der Waals surface area (Å²) in [5.41, 5.74) is 7.74. The van der Waals surface area contributed by atoms with E-state index in [4.69, 9.17) is 5.73 Å². The maximum atomic E-state index is 5.84. The van der Waals surface area contributed by atoms with E-state index in [0.29, 0.717) is 6.54 Å². The molecule has 0 bridgehead atoms. The number of rotatable bonds is 3. The van der Waals surface area contributed by atoms with Crippen LogP contribution in [0.3, 0.4) is 0 Å². The number of aromatic nitrogens is 2. The third-order valence-corrected chi connectivity index (χ3v) is 2.34. The predicted molar refractivity (Wildman–Crippen MR) is 61.4 cm³/mol. The summed E-state index contributed by atoms with van der Waals surface area (Å²) in [6.45, 7) is 0.714. The number of hydrogen-bond donors (Lipinski definition) is 2. The molecule has 4 nitrogen and oxygen atoms in total. The van der Waals surface area contributed by atoms with Crippen LogP contribution in [0.1, 0.15) is 5.56 Å². The van der Waals surface area contributed by atoms with Crippen LogP contribution in [0.15, 0.2) is 36.5 Å². The molecule has 0 amide bonds. The van der Waals surface area contributed by atoms with Crippen molar-refractivity contribution in [2.75, 3.05) is 11.1 Å². The molecule has 2 aromatic rings. The maximum Gasteiger partial charge on any atom is 0.124 e. The Kier molecular flexibility index (Phi) is 2.58. The molecule has 0 aliphatic rings. The van der Waals surface area contributed by atoms with Crippen molar-refractivity contribution in [3.8, 4) is 0 Å². The second-order valence-corrected chi connectivity index (χ2v) is 3.39. The van der Waals surface area contributed by atoms with Gasteiger partial charge < -0.3 is 11.1 Å². The van der Waals surface area contributed by atoms with Crippen LogP contribution in [0, 0.1) is 0 Å². The van der Waals surface area contributed by atoms with Crippen molar-refractivity contribution in [1.29, 1.82) is 0 Å². The van der Waals surface area contributed by atoms with E-state index < -0.39 is 0 Å². The molecule has 0 radical (unpaired) electrons. The fourth-order valence-electron chi connectivity index (χ4n) is 1.43. The molecule has 1 aromatic carbocycles. The van der Waals surface area contributed by atoms with Gasteiger partial charge in [0.1, 0.15) is 5.82 Å². The van der Waals surface area contributed by atoms with Crippen molar-refractivity contribution in [2.24, 2.45) is 7.05 Å². The van der Waals surface area contributed by atoms with Crippen molar-refractivity contribution in [1.82, 2.24) is 9.78 Å². The van der Waals surface area contributed by atoms with E-state index >= 15 is 0 Å². The van der Waals surface area contributed by atoms with Gasteiger partial charge in [-0.05, 0) is 11.6 Å². The van der Waals surface area contributed by atoms with Crippen LogP contribution in [0.2, 0.25) is 0 Å². The van der Waals surface area contributed by atoms with Crippen LogP contribution < -0.4 is 11.1 Å². The van der Waals surface area contributed by atoms with E-state index in [2.05, 4.69) is 10.4 Å². The van der Waals surface area contributed by atoms with Crippen molar-refractivity contribution in [2.45, 2.75) is 6.54 Å². The Bertz CT molecular complexity index is 447. The molecule has 0 saturated heterocycles. The second-order valence-electron chi connectivity index (χ2n) is 3.39. The SMILES string of the molecule is Cn1nccc1NCc1ccccc1N. The molecule has 0 aliphatic carbocycles. The summed E-state index contributed by atoms with van der Waals surface area (Å²) in [6, 6.07) is 9.76. The van der Waals surface area contributed by atoms with E-state index in [-0.39, 0.29) is 0 Å². The standard InChI is InChI=1S/C11H14N4/c1-15-11(6-7-14-15)13-8-9-4-2-3-5-10(9)12/h2-7,13H,8,12H2,1H3. The van der Waals surface area contributed by atoms with Crippen molar-refractivity contribution >= 4 is 11.5 Å². The highest BCUT2D eigenvalue weighted by Gasteiger charge is 1.99. The van der Waals surface area contributed by atoms with Gasteiger partial charge in [-0.3, -0.25) is 4.68 Å². The third kappa shape index (κ3) is 2.10. The molecule has 0 saturated carbocycles. The van der Waals surface area contributed by atoms with Gasteiger partial charge >= 0.3 is 0 Å². The number of anilines is 2. The second kappa shape index (κ2) is 4.04. The summed E-state index contributed by atoms with van der Waals surface area (Å²) < 4.78 is 1.79. The molecule has 0 unspecified atom stereocenters. The summed E-state index contributed by atoms with van der Waals surface area (Å²) in [5, 5.41) is 7.34. The Morgan fingerprint density at radius 1 is 1.33 bits per heavy atom. The first-order chi connectivity index (χ1) is 7.27. The number of para-hydroxylation sites is 1. The van der Waals surface area contributed by atoms with E-state index in [0.717, 1.165) is 17.1 Å². The van der Waals surface area contributed by atoms with Gasteiger partial charge in [-0.25, -0.2) is 0 Å². The average Bonchev–Trinajstić information content (AvgIpc) is 2.63. The molecule has 78 valence electrons. The molecule has 0 spiro atoms. The molecule has 3 N–H and O–H groups in total. The Hall–Kier alpha value is -1.97. The molecular weight excluding hydrogens is 188 g/mol. The Labute approximate surface area is 88.7 Å². The molecule has 0 atom stereocenters. The first kappa shape index (κ1) is 9.58. The minimum absolute atomic E-state index is 0.714. The largest absolute Gasteiger partial charge is 0.398 e. The minimum Gasteiger partial charge on any atom is -0.398 e. The average molecular weight is 202 g/mol. The first-order valence-electron chi connectivity index (χ1n) is 4.82. The smallest absolute Gasteiger partial charge is 0.124 e. The quantitative estimate of drug-likeness (QED) is 0.743. The number of nitrogens with two attached hydrogens (primary N) is 1. The van der Waals surface area contributed by atoms with E-state index in [1.165, 1.54) is 0 Å². The Morgan fingerprint density at radius 3 is 2.80 bits per heavy atom. The fraction of sp³-hybridized carbons (Fsp3) is 0.182. The van der Waals surface area contributed by atoms with Gasteiger partial charge in [0.2, 0.25) is 0 Å². The number of aryl methyl sites for hydroxylation is 1. The first-order valence-corrected chi connectivity index (χ1v) is 4.82. The zero-order valence-electron chi connectivity index (χ0n) is 8.64. The third-order valence-electron chi connectivity index (χ3n) is 2.34. The van der Waals surface area contributed by atoms with E-state index in [9.17, 15) is 0 Å². The lowest BCUT2D eigenvalue weighted by Crippen LogP contribution is -2.06. The number of nitrogens with one attached hydrogen (secondary N) is 1. The molecule has 1 heterocycles. The molecular formula is C11H14N4. The Balaban J connectivity index is 2.06. The van der Waals surface area contributed by atoms with Crippen molar-refractivity contribution in [3.05, 3.63) is 42.1 Å². The van der Waals surface area contributed by atoms with E-state index in [1.807, 2.05) is 37.4 Å². The molecule has 0 fully saturated rings. The van der Waals surface area contributed by atoms with Gasteiger partial charge in [0, 0.05) is 25.3 Å². The summed E-state index contributed by atoms with van der Waals surface area (Å²) >= 11 is 0. The summed E-state index contributed by atoms with van der Waals surface area (Å²) in [5.74, 6) is 0.984. The van der Waals surface area contributed by atoms with Crippen molar-refractivity contribution in [3.63, 3.8) is 0 Å². The molecule has 1 aromatic heterocycles. The minimum atomic E-state index is 0.714. The lowest BCUT2D eigenvalue weighted by molar-refractivity contribution is 0.769.